The fourth-order valence-corrected chi connectivity index (χ4v) is 5.02. The molecule has 0 saturated carbocycles. The maximum Gasteiger partial charge on any atom is 0.151 e. The molecule has 0 atom stereocenters. The van der Waals surface area contributed by atoms with Gasteiger partial charge in [-0.3, -0.25) is 4.90 Å². The number of piperidine rings is 1. The molecule has 5 nitrogen and oxygen atoms in total. The number of fused-ring (bicyclic) bond motifs is 1. The van der Waals surface area contributed by atoms with Gasteiger partial charge in [0.15, 0.2) is 5.65 Å². The van der Waals surface area contributed by atoms with E-state index >= 15 is 0 Å². The number of aromatic nitrogens is 3. The minimum Gasteiger partial charge on any atom is -0.367 e. The molecule has 0 unspecified atom stereocenters. The molecule has 0 aliphatic carbocycles. The van der Waals surface area contributed by atoms with Crippen molar-refractivity contribution in [3.05, 3.63) is 75.4 Å². The summed E-state index contributed by atoms with van der Waals surface area (Å²) in [6, 6.07) is 15.9. The molecule has 1 saturated heterocycles. The van der Waals surface area contributed by atoms with E-state index in [0.717, 1.165) is 71.2 Å². The molecule has 1 aliphatic rings. The Hall–Kier alpha value is -2.25. The predicted molar refractivity (Wildman–Crippen MR) is 140 cm³/mol. The van der Waals surface area contributed by atoms with Gasteiger partial charge in [-0.1, -0.05) is 59.1 Å². The highest BCUT2D eigenvalue weighted by Crippen LogP contribution is 2.29. The number of rotatable bonds is 5. The SMILES string of the molecule is Bc1cnn2c(NC3CCN(Cc4ccc(Cl)cc4Cl)CC3)cc(-c3ccccc3Cl)nc12. The topological polar surface area (TPSA) is 45.5 Å². The van der Waals surface area contributed by atoms with Gasteiger partial charge in [0, 0.05) is 58.6 Å². The highest BCUT2D eigenvalue weighted by Gasteiger charge is 2.22. The number of likely N-dealkylation sites (tertiary alicyclic amines) is 1. The van der Waals surface area contributed by atoms with Crippen LogP contribution in [0.1, 0.15) is 18.4 Å². The van der Waals surface area contributed by atoms with Gasteiger partial charge in [-0.25, -0.2) is 4.98 Å². The van der Waals surface area contributed by atoms with E-state index in [1.54, 1.807) is 0 Å². The lowest BCUT2D eigenvalue weighted by atomic mass is 10.0. The third-order valence-electron chi connectivity index (χ3n) is 6.15. The molecule has 1 N–H and O–H groups in total. The molecule has 4 aromatic rings. The average molecular weight is 499 g/mol. The van der Waals surface area contributed by atoms with Crippen LogP contribution in [-0.4, -0.2) is 46.5 Å². The van der Waals surface area contributed by atoms with Crippen LogP contribution < -0.4 is 10.8 Å². The lowest BCUT2D eigenvalue weighted by Crippen LogP contribution is -2.39. The third kappa shape index (κ3) is 4.85. The van der Waals surface area contributed by atoms with E-state index in [1.807, 2.05) is 67.1 Å². The first-order chi connectivity index (χ1) is 16.0. The number of nitrogens with one attached hydrogen (secondary N) is 1. The molecule has 0 spiro atoms. The van der Waals surface area contributed by atoms with Crippen molar-refractivity contribution < 1.29 is 0 Å². The largest absolute Gasteiger partial charge is 0.367 e. The van der Waals surface area contributed by atoms with E-state index < -0.39 is 0 Å². The summed E-state index contributed by atoms with van der Waals surface area (Å²) in [6.07, 6.45) is 3.90. The van der Waals surface area contributed by atoms with Crippen molar-refractivity contribution in [3.8, 4) is 11.3 Å². The van der Waals surface area contributed by atoms with Gasteiger partial charge in [0.25, 0.3) is 0 Å². The standard InChI is InChI=1S/C24H23BCl3N5/c25-19-13-29-33-23(12-22(31-24(19)33)18-3-1-2-4-20(18)27)30-17-7-9-32(10-8-17)14-15-5-6-16(26)11-21(15)28/h1-6,11-13,17,30H,7-10,14,25H2. The highest BCUT2D eigenvalue weighted by molar-refractivity contribution is 6.36. The Morgan fingerprint density at radius 3 is 2.55 bits per heavy atom. The van der Waals surface area contributed by atoms with Gasteiger partial charge in [-0.15, -0.1) is 0 Å². The average Bonchev–Trinajstić information content (AvgIpc) is 3.18. The molecule has 0 radical (unpaired) electrons. The van der Waals surface area contributed by atoms with Crippen LogP contribution in [0.5, 0.6) is 0 Å². The Morgan fingerprint density at radius 2 is 1.79 bits per heavy atom. The maximum absolute atomic E-state index is 6.47. The first kappa shape index (κ1) is 22.5. The number of hydrogen-bond acceptors (Lipinski definition) is 4. The molecular formula is C24H23BCl3N5. The van der Waals surface area contributed by atoms with Crippen molar-refractivity contribution in [2.45, 2.75) is 25.4 Å². The highest BCUT2D eigenvalue weighted by atomic mass is 35.5. The van der Waals surface area contributed by atoms with Crippen molar-refractivity contribution in [2.24, 2.45) is 0 Å². The second-order valence-electron chi connectivity index (χ2n) is 8.50. The van der Waals surface area contributed by atoms with Crippen molar-refractivity contribution in [1.82, 2.24) is 19.5 Å². The molecule has 3 heterocycles. The van der Waals surface area contributed by atoms with Crippen LogP contribution in [0.3, 0.4) is 0 Å². The molecule has 168 valence electrons. The van der Waals surface area contributed by atoms with Crippen LogP contribution in [0, 0.1) is 0 Å². The fraction of sp³-hybridized carbons (Fsp3) is 0.250. The van der Waals surface area contributed by atoms with Crippen LogP contribution in [0.15, 0.2) is 54.7 Å². The summed E-state index contributed by atoms with van der Waals surface area (Å²) in [5, 5.41) is 10.3. The van der Waals surface area contributed by atoms with Crippen molar-refractivity contribution in [3.63, 3.8) is 0 Å². The lowest BCUT2D eigenvalue weighted by Gasteiger charge is -2.33. The monoisotopic (exact) mass is 497 g/mol. The molecular weight excluding hydrogens is 475 g/mol. The number of hydrogen-bond donors (Lipinski definition) is 1. The van der Waals surface area contributed by atoms with Gasteiger partial charge >= 0.3 is 0 Å². The third-order valence-corrected chi connectivity index (χ3v) is 7.06. The van der Waals surface area contributed by atoms with E-state index in [0.29, 0.717) is 16.1 Å². The Bertz CT molecular complexity index is 1300. The summed E-state index contributed by atoms with van der Waals surface area (Å²) in [5.41, 5.74) is 4.74. The van der Waals surface area contributed by atoms with Gasteiger partial charge in [0.1, 0.15) is 13.7 Å². The van der Waals surface area contributed by atoms with Gasteiger partial charge in [-0.2, -0.15) is 9.61 Å². The lowest BCUT2D eigenvalue weighted by molar-refractivity contribution is 0.211. The molecule has 33 heavy (non-hydrogen) atoms. The van der Waals surface area contributed by atoms with Gasteiger partial charge < -0.3 is 5.32 Å². The van der Waals surface area contributed by atoms with Crippen molar-refractivity contribution in [1.29, 1.82) is 0 Å². The zero-order valence-electron chi connectivity index (χ0n) is 18.2. The smallest absolute Gasteiger partial charge is 0.151 e. The molecule has 0 amide bonds. The van der Waals surface area contributed by atoms with E-state index in [1.165, 1.54) is 0 Å². The van der Waals surface area contributed by atoms with E-state index in [-0.39, 0.29) is 0 Å². The molecule has 2 aromatic carbocycles. The number of nitrogens with zero attached hydrogens (tertiary/aromatic N) is 4. The number of benzene rings is 2. The molecule has 1 aliphatic heterocycles. The first-order valence-corrected chi connectivity index (χ1v) is 12.1. The minimum absolute atomic E-state index is 0.344. The summed E-state index contributed by atoms with van der Waals surface area (Å²) in [7, 11) is 2.02. The molecule has 9 heteroatoms. The van der Waals surface area contributed by atoms with Gasteiger partial charge in [0.05, 0.1) is 5.69 Å². The van der Waals surface area contributed by atoms with E-state index in [2.05, 4.69) is 15.3 Å². The summed E-state index contributed by atoms with van der Waals surface area (Å²) in [4.78, 5) is 7.27. The van der Waals surface area contributed by atoms with Crippen LogP contribution in [-0.2, 0) is 6.54 Å². The number of anilines is 1. The second-order valence-corrected chi connectivity index (χ2v) is 9.75. The Morgan fingerprint density at radius 1 is 1.00 bits per heavy atom. The number of halogens is 3. The van der Waals surface area contributed by atoms with E-state index in [4.69, 9.17) is 39.8 Å². The quantitative estimate of drug-likeness (QED) is 0.406. The maximum atomic E-state index is 6.47. The molecule has 0 bridgehead atoms. The van der Waals surface area contributed by atoms with Crippen molar-refractivity contribution in [2.75, 3.05) is 18.4 Å². The summed E-state index contributed by atoms with van der Waals surface area (Å²) >= 11 is 18.9. The predicted octanol–water partition coefficient (Wildman–Crippen LogP) is 4.69. The fourth-order valence-electron chi connectivity index (χ4n) is 4.32. The van der Waals surface area contributed by atoms with Crippen LogP contribution in [0.2, 0.25) is 15.1 Å². The molecule has 2 aromatic heterocycles. The normalized spacial score (nSPS) is 15.2. The van der Waals surface area contributed by atoms with Crippen LogP contribution >= 0.6 is 34.8 Å². The Labute approximate surface area is 209 Å². The Kier molecular flexibility index (Phi) is 6.52. The molecule has 5 rings (SSSR count). The molecule has 1 fully saturated rings. The summed E-state index contributed by atoms with van der Waals surface area (Å²) in [5.74, 6) is 0.933. The first-order valence-electron chi connectivity index (χ1n) is 11.0. The van der Waals surface area contributed by atoms with Gasteiger partial charge in [-0.05, 0) is 42.1 Å². The van der Waals surface area contributed by atoms with E-state index in [9.17, 15) is 0 Å². The second kappa shape index (κ2) is 9.55. The Balaban J connectivity index is 1.33. The van der Waals surface area contributed by atoms with Crippen LogP contribution in [0.4, 0.5) is 5.82 Å². The van der Waals surface area contributed by atoms with Crippen LogP contribution in [0.25, 0.3) is 16.9 Å². The van der Waals surface area contributed by atoms with Gasteiger partial charge in [0.2, 0.25) is 0 Å². The zero-order valence-corrected chi connectivity index (χ0v) is 20.5. The summed E-state index contributed by atoms with van der Waals surface area (Å²) < 4.78 is 1.88. The van der Waals surface area contributed by atoms with Crippen molar-refractivity contribution >= 4 is 59.6 Å². The summed E-state index contributed by atoms with van der Waals surface area (Å²) in [6.45, 7) is 2.80. The zero-order chi connectivity index (χ0) is 22.9. The minimum atomic E-state index is 0.344.